The molecule has 1 aliphatic heterocycles. The van der Waals surface area contributed by atoms with E-state index in [0.717, 1.165) is 36.9 Å². The van der Waals surface area contributed by atoms with Gasteiger partial charge in [-0.05, 0) is 31.2 Å². The van der Waals surface area contributed by atoms with Gasteiger partial charge in [-0.2, -0.15) is 0 Å². The average Bonchev–Trinajstić information content (AvgIpc) is 2.91. The number of amides is 1. The molecular weight excluding hydrogens is 302 g/mol. The van der Waals surface area contributed by atoms with E-state index in [9.17, 15) is 4.79 Å². The summed E-state index contributed by atoms with van der Waals surface area (Å²) in [6, 6.07) is 0.326. The van der Waals surface area contributed by atoms with Gasteiger partial charge in [-0.15, -0.1) is 10.2 Å². The number of aromatic nitrogens is 2. The Hall–Kier alpha value is -2.29. The molecule has 120 valence electrons. The highest BCUT2D eigenvalue weighted by atomic mass is 32.1. The first-order valence-electron chi connectivity index (χ1n) is 7.05. The fourth-order valence-corrected chi connectivity index (χ4v) is 2.97. The lowest BCUT2D eigenvalue weighted by molar-refractivity contribution is -0.114. The third-order valence-electron chi connectivity index (χ3n) is 3.27. The Morgan fingerprint density at radius 1 is 1.36 bits per heavy atom. The predicted octanol–water partition coefficient (Wildman–Crippen LogP) is 0.645. The van der Waals surface area contributed by atoms with E-state index in [1.807, 2.05) is 0 Å². The van der Waals surface area contributed by atoms with E-state index < -0.39 is 0 Å². The second kappa shape index (κ2) is 7.64. The molecule has 22 heavy (non-hydrogen) atoms. The number of carbonyl (C=O) groups is 1. The zero-order chi connectivity index (χ0) is 15.9. The number of hydrogen-bond donors (Lipinski definition) is 4. The number of rotatable bonds is 5. The van der Waals surface area contributed by atoms with Gasteiger partial charge in [-0.25, -0.2) is 0 Å². The Balaban J connectivity index is 1.82. The highest BCUT2D eigenvalue weighted by Crippen LogP contribution is 2.23. The molecule has 1 aromatic rings. The van der Waals surface area contributed by atoms with Crippen molar-refractivity contribution >= 4 is 27.5 Å². The summed E-state index contributed by atoms with van der Waals surface area (Å²) < 4.78 is 0. The first-order valence-corrected chi connectivity index (χ1v) is 7.86. The monoisotopic (exact) mass is 323 g/mol. The van der Waals surface area contributed by atoms with Crippen LogP contribution in [-0.2, 0) is 4.79 Å². The summed E-state index contributed by atoms with van der Waals surface area (Å²) >= 11 is 1.34. The minimum Gasteiger partial charge on any atom is -0.405 e. The number of likely N-dealkylation sites (tertiary alicyclic amines) is 1. The first-order chi connectivity index (χ1) is 10.6. The molecule has 0 saturated carbocycles. The number of piperidine rings is 1. The molecule has 6 N–H and O–H groups in total. The van der Waals surface area contributed by atoms with Crippen molar-refractivity contribution in [2.24, 2.45) is 11.5 Å². The van der Waals surface area contributed by atoms with Crippen LogP contribution in [0.15, 0.2) is 24.2 Å². The number of carbonyl (C=O) groups excluding carboxylic acids is 1. The lowest BCUT2D eigenvalue weighted by Crippen LogP contribution is -2.40. The van der Waals surface area contributed by atoms with Gasteiger partial charge < -0.3 is 27.0 Å². The Morgan fingerprint density at radius 3 is 2.68 bits per heavy atom. The maximum Gasteiger partial charge on any atom is 0.223 e. The molecule has 0 bridgehead atoms. The van der Waals surface area contributed by atoms with Crippen molar-refractivity contribution in [1.29, 1.82) is 0 Å². The smallest absolute Gasteiger partial charge is 0.223 e. The number of hydrogen-bond acceptors (Lipinski definition) is 8. The summed E-state index contributed by atoms with van der Waals surface area (Å²) in [5.74, 6) is 0.578. The van der Waals surface area contributed by atoms with E-state index in [1.54, 1.807) is 12.2 Å². The zero-order valence-corrected chi connectivity index (χ0v) is 13.3. The quantitative estimate of drug-likeness (QED) is 0.587. The minimum atomic E-state index is -0.148. The second-order valence-corrected chi connectivity index (χ2v) is 5.95. The largest absolute Gasteiger partial charge is 0.405 e. The Morgan fingerprint density at radius 2 is 2.05 bits per heavy atom. The zero-order valence-electron chi connectivity index (χ0n) is 12.5. The molecule has 1 fully saturated rings. The maximum absolute atomic E-state index is 11.0. The fourth-order valence-electron chi connectivity index (χ4n) is 2.20. The molecule has 0 radical (unpaired) electrons. The lowest BCUT2D eigenvalue weighted by Gasteiger charge is -2.33. The van der Waals surface area contributed by atoms with Crippen LogP contribution in [0.2, 0.25) is 0 Å². The Bertz CT molecular complexity index is 560. The molecule has 0 aliphatic carbocycles. The molecular formula is C13H21N7OS. The van der Waals surface area contributed by atoms with Crippen LogP contribution in [0.3, 0.4) is 0 Å². The topological polar surface area (TPSA) is 122 Å². The van der Waals surface area contributed by atoms with Gasteiger partial charge in [-0.3, -0.25) is 4.79 Å². The fraction of sp³-hybridized carbons (Fsp3) is 0.462. The summed E-state index contributed by atoms with van der Waals surface area (Å²) in [5.41, 5.74) is 11.3. The van der Waals surface area contributed by atoms with Crippen molar-refractivity contribution in [2.75, 3.05) is 23.7 Å². The summed E-state index contributed by atoms with van der Waals surface area (Å²) in [5, 5.41) is 15.1. The van der Waals surface area contributed by atoms with Crippen molar-refractivity contribution in [2.45, 2.75) is 25.8 Å². The van der Waals surface area contributed by atoms with E-state index >= 15 is 0 Å². The van der Waals surface area contributed by atoms with Crippen LogP contribution in [0.4, 0.5) is 10.3 Å². The van der Waals surface area contributed by atoms with Gasteiger partial charge in [0.15, 0.2) is 0 Å². The third-order valence-corrected chi connectivity index (χ3v) is 4.04. The molecule has 1 aliphatic rings. The number of anilines is 2. The number of nitrogens with two attached hydrogens (primary N) is 2. The summed E-state index contributed by atoms with van der Waals surface area (Å²) in [6.45, 7) is 3.19. The maximum atomic E-state index is 11.0. The van der Waals surface area contributed by atoms with Gasteiger partial charge in [0.1, 0.15) is 0 Å². The summed E-state index contributed by atoms with van der Waals surface area (Å²) in [6.07, 6.45) is 6.90. The molecule has 0 aromatic carbocycles. The molecule has 2 rings (SSSR count). The number of nitrogens with one attached hydrogen (secondary N) is 2. The lowest BCUT2D eigenvalue weighted by atomic mass is 10.1. The molecule has 0 spiro atoms. The molecule has 0 atom stereocenters. The van der Waals surface area contributed by atoms with Crippen molar-refractivity contribution in [3.63, 3.8) is 0 Å². The van der Waals surface area contributed by atoms with Crippen molar-refractivity contribution in [1.82, 2.24) is 15.1 Å². The van der Waals surface area contributed by atoms with E-state index in [-0.39, 0.29) is 5.91 Å². The highest BCUT2D eigenvalue weighted by Gasteiger charge is 2.20. The first kappa shape index (κ1) is 16.1. The molecule has 9 heteroatoms. The predicted molar refractivity (Wildman–Crippen MR) is 88.0 cm³/mol. The van der Waals surface area contributed by atoms with Crippen LogP contribution < -0.4 is 22.1 Å². The van der Waals surface area contributed by atoms with Crippen molar-refractivity contribution < 1.29 is 4.79 Å². The van der Waals surface area contributed by atoms with Crippen LogP contribution >= 0.6 is 11.3 Å². The molecule has 0 unspecified atom stereocenters. The van der Waals surface area contributed by atoms with E-state index in [2.05, 4.69) is 25.7 Å². The van der Waals surface area contributed by atoms with Gasteiger partial charge in [-0.1, -0.05) is 11.3 Å². The van der Waals surface area contributed by atoms with Crippen LogP contribution in [0, 0.1) is 0 Å². The van der Waals surface area contributed by atoms with Crippen molar-refractivity contribution in [3.05, 3.63) is 24.2 Å². The van der Waals surface area contributed by atoms with Crippen molar-refractivity contribution in [3.8, 4) is 0 Å². The van der Waals surface area contributed by atoms with Crippen LogP contribution in [0.25, 0.3) is 0 Å². The van der Waals surface area contributed by atoms with E-state index in [4.69, 9.17) is 11.5 Å². The van der Waals surface area contributed by atoms with E-state index in [1.165, 1.54) is 24.5 Å². The normalized spacial score (nSPS) is 17.0. The van der Waals surface area contributed by atoms with Gasteiger partial charge >= 0.3 is 0 Å². The molecule has 8 nitrogen and oxygen atoms in total. The standard InChI is InChI=1S/C13H21N7OS/c1-9(21)16-12-18-19-13(22-12)17-10-4-7-20(8-5-10)11(15)3-2-6-14/h2-3,6,10H,4-5,7-8,14-15H2,1H3,(H,17,19)(H,16,18,21)/b6-2-,11-3+. The number of allylic oxidation sites excluding steroid dienone is 2. The van der Waals surface area contributed by atoms with Gasteiger partial charge in [0.2, 0.25) is 16.2 Å². The SMILES string of the molecule is CC(=O)Nc1nnc(NC2CCN(/C(N)=C/C=C\N)CC2)s1. The van der Waals surface area contributed by atoms with Crippen LogP contribution in [0.5, 0.6) is 0 Å². The molecule has 2 heterocycles. The molecule has 1 amide bonds. The highest BCUT2D eigenvalue weighted by molar-refractivity contribution is 7.19. The average molecular weight is 323 g/mol. The van der Waals surface area contributed by atoms with E-state index in [0.29, 0.717) is 11.2 Å². The second-order valence-electron chi connectivity index (χ2n) is 4.98. The molecule has 1 aromatic heterocycles. The number of nitrogens with zero attached hydrogens (tertiary/aromatic N) is 3. The van der Waals surface area contributed by atoms with Crippen LogP contribution in [0.1, 0.15) is 19.8 Å². The summed E-state index contributed by atoms with van der Waals surface area (Å²) in [4.78, 5) is 13.1. The van der Waals surface area contributed by atoms with Gasteiger partial charge in [0, 0.05) is 26.1 Å². The molecule has 1 saturated heterocycles. The summed E-state index contributed by atoms with van der Waals surface area (Å²) in [7, 11) is 0. The third kappa shape index (κ3) is 4.62. The van der Waals surface area contributed by atoms with Gasteiger partial charge in [0.25, 0.3) is 0 Å². The van der Waals surface area contributed by atoms with Gasteiger partial charge in [0.05, 0.1) is 5.82 Å². The Labute approximate surface area is 133 Å². The Kier molecular flexibility index (Phi) is 5.59. The minimum absolute atomic E-state index is 0.148. The van der Waals surface area contributed by atoms with Crippen LogP contribution in [-0.4, -0.2) is 40.1 Å².